The van der Waals surface area contributed by atoms with E-state index in [-0.39, 0.29) is 6.04 Å². The molecule has 22 heavy (non-hydrogen) atoms. The Labute approximate surface area is 132 Å². The van der Waals surface area contributed by atoms with Gasteiger partial charge in [-0.05, 0) is 45.2 Å². The molecule has 0 saturated carbocycles. The third kappa shape index (κ3) is 2.82. The molecule has 0 spiro atoms. The second-order valence-corrected chi connectivity index (χ2v) is 8.01. The molecule has 3 rings (SSSR count). The van der Waals surface area contributed by atoms with Crippen molar-refractivity contribution in [1.82, 2.24) is 4.41 Å². The van der Waals surface area contributed by atoms with Crippen molar-refractivity contribution in [3.63, 3.8) is 0 Å². The number of benzene rings is 1. The van der Waals surface area contributed by atoms with Gasteiger partial charge in [0.1, 0.15) is 0 Å². The highest BCUT2D eigenvalue weighted by Gasteiger charge is 2.35. The molecule has 0 saturated heterocycles. The average molecular weight is 318 g/mol. The molecule has 0 bridgehead atoms. The van der Waals surface area contributed by atoms with Gasteiger partial charge in [0, 0.05) is 18.1 Å². The minimum Gasteiger partial charge on any atom is -0.200 e. The van der Waals surface area contributed by atoms with Crippen molar-refractivity contribution in [2.24, 2.45) is 11.0 Å². The lowest BCUT2D eigenvalue weighted by Gasteiger charge is -2.19. The Hall–Kier alpha value is -1.62. The molecule has 2 atom stereocenters. The van der Waals surface area contributed by atoms with Gasteiger partial charge in [0.25, 0.3) is 10.0 Å². The molecule has 4 nitrogen and oxygen atoms in total. The van der Waals surface area contributed by atoms with E-state index in [0.717, 1.165) is 37.0 Å². The number of nitrogens with zero attached hydrogens (tertiary/aromatic N) is 2. The maximum atomic E-state index is 12.8. The predicted octanol–water partition coefficient (Wildman–Crippen LogP) is 3.49. The Balaban J connectivity index is 1.88. The van der Waals surface area contributed by atoms with E-state index < -0.39 is 10.0 Å². The van der Waals surface area contributed by atoms with E-state index in [1.807, 2.05) is 26.0 Å². The second-order valence-electron chi connectivity index (χ2n) is 6.22. The normalized spacial score (nSPS) is 25.4. The molecule has 0 radical (unpaired) electrons. The van der Waals surface area contributed by atoms with E-state index >= 15 is 0 Å². The number of hydrazone groups is 1. The summed E-state index contributed by atoms with van der Waals surface area (Å²) < 4.78 is 26.9. The van der Waals surface area contributed by atoms with Crippen LogP contribution < -0.4 is 0 Å². The van der Waals surface area contributed by atoms with Gasteiger partial charge >= 0.3 is 0 Å². The van der Waals surface area contributed by atoms with E-state index in [2.05, 4.69) is 17.3 Å². The Morgan fingerprint density at radius 3 is 2.55 bits per heavy atom. The molecule has 1 heterocycles. The lowest BCUT2D eigenvalue weighted by atomic mass is 9.88. The van der Waals surface area contributed by atoms with Crippen molar-refractivity contribution in [2.45, 2.75) is 50.5 Å². The molecule has 1 aromatic rings. The summed E-state index contributed by atoms with van der Waals surface area (Å²) in [5.41, 5.74) is 2.08. The first-order valence-corrected chi connectivity index (χ1v) is 9.26. The highest BCUT2D eigenvalue weighted by molar-refractivity contribution is 7.89. The minimum absolute atomic E-state index is 0.104. The van der Waals surface area contributed by atoms with E-state index in [1.165, 1.54) is 4.41 Å². The first-order valence-electron chi connectivity index (χ1n) is 7.82. The van der Waals surface area contributed by atoms with Crippen LogP contribution in [0.4, 0.5) is 0 Å². The molecule has 0 N–H and O–H groups in total. The fraction of sp³-hybridized carbons (Fsp3) is 0.471. The van der Waals surface area contributed by atoms with Gasteiger partial charge < -0.3 is 0 Å². The first-order chi connectivity index (χ1) is 10.5. The molecule has 1 aromatic carbocycles. The van der Waals surface area contributed by atoms with Crippen LogP contribution in [-0.4, -0.2) is 24.6 Å². The fourth-order valence-corrected chi connectivity index (χ4v) is 4.56. The molecule has 0 aromatic heterocycles. The lowest BCUT2D eigenvalue weighted by Crippen LogP contribution is -2.30. The Morgan fingerprint density at radius 2 is 1.91 bits per heavy atom. The third-order valence-corrected chi connectivity index (χ3v) is 6.22. The smallest absolute Gasteiger partial charge is 0.200 e. The van der Waals surface area contributed by atoms with Crippen molar-refractivity contribution >= 4 is 15.7 Å². The zero-order valence-electron chi connectivity index (χ0n) is 13.1. The monoisotopic (exact) mass is 318 g/mol. The summed E-state index contributed by atoms with van der Waals surface area (Å²) in [5, 5.41) is 4.49. The topological polar surface area (TPSA) is 49.7 Å². The Bertz CT molecular complexity index is 705. The van der Waals surface area contributed by atoms with E-state index in [4.69, 9.17) is 0 Å². The molecule has 0 amide bonds. The van der Waals surface area contributed by atoms with Crippen LogP contribution in [0.15, 0.2) is 46.4 Å². The number of sulfonamides is 1. The lowest BCUT2D eigenvalue weighted by molar-refractivity contribution is 0.384. The maximum Gasteiger partial charge on any atom is 0.279 e. The van der Waals surface area contributed by atoms with Crippen molar-refractivity contribution in [3.8, 4) is 0 Å². The van der Waals surface area contributed by atoms with Gasteiger partial charge in [-0.3, -0.25) is 0 Å². The zero-order chi connectivity index (χ0) is 15.7. The van der Waals surface area contributed by atoms with Gasteiger partial charge in [0.2, 0.25) is 0 Å². The summed E-state index contributed by atoms with van der Waals surface area (Å²) >= 11 is 0. The van der Waals surface area contributed by atoms with E-state index in [0.29, 0.717) is 10.8 Å². The van der Waals surface area contributed by atoms with Crippen LogP contribution in [0.5, 0.6) is 0 Å². The van der Waals surface area contributed by atoms with Crippen LogP contribution in [0.25, 0.3) is 0 Å². The van der Waals surface area contributed by atoms with Gasteiger partial charge in [-0.25, -0.2) is 0 Å². The van der Waals surface area contributed by atoms with Crippen molar-refractivity contribution in [3.05, 3.63) is 42.0 Å². The van der Waals surface area contributed by atoms with Gasteiger partial charge in [-0.1, -0.05) is 29.8 Å². The van der Waals surface area contributed by atoms with Crippen LogP contribution in [0.2, 0.25) is 0 Å². The largest absolute Gasteiger partial charge is 0.279 e. The summed E-state index contributed by atoms with van der Waals surface area (Å²) in [7, 11) is -3.55. The SMILES string of the molecule is Cc1ccc(S(=O)(=O)N2N=C(C3CC=CCC3)CC2C)cc1. The van der Waals surface area contributed by atoms with Crippen LogP contribution in [0, 0.1) is 12.8 Å². The van der Waals surface area contributed by atoms with Crippen LogP contribution in [-0.2, 0) is 10.0 Å². The standard InChI is InChI=1S/C17H22N2O2S/c1-13-8-10-16(11-9-13)22(20,21)19-14(2)12-17(18-19)15-6-4-3-5-7-15/h3-4,8-11,14-15H,5-7,12H2,1-2H3. The third-order valence-electron chi connectivity index (χ3n) is 4.41. The molecule has 118 valence electrons. The van der Waals surface area contributed by atoms with Gasteiger partial charge in [0.05, 0.1) is 10.9 Å². The highest BCUT2D eigenvalue weighted by atomic mass is 32.2. The summed E-state index contributed by atoms with van der Waals surface area (Å²) in [4.78, 5) is 0.318. The Morgan fingerprint density at radius 1 is 1.18 bits per heavy atom. The van der Waals surface area contributed by atoms with Crippen LogP contribution in [0.3, 0.4) is 0 Å². The number of hydrogen-bond acceptors (Lipinski definition) is 3. The van der Waals surface area contributed by atoms with Crippen LogP contribution >= 0.6 is 0 Å². The van der Waals surface area contributed by atoms with Gasteiger partial charge in [0.15, 0.2) is 0 Å². The summed E-state index contributed by atoms with van der Waals surface area (Å²) in [5.74, 6) is 0.394. The van der Waals surface area contributed by atoms with Crippen LogP contribution in [0.1, 0.15) is 38.2 Å². The predicted molar refractivity (Wildman–Crippen MR) is 88.2 cm³/mol. The van der Waals surface area contributed by atoms with Gasteiger partial charge in [-0.15, -0.1) is 0 Å². The fourth-order valence-electron chi connectivity index (χ4n) is 3.10. The molecule has 5 heteroatoms. The second kappa shape index (κ2) is 5.88. The zero-order valence-corrected chi connectivity index (χ0v) is 13.9. The average Bonchev–Trinajstić information content (AvgIpc) is 2.91. The molecule has 1 aliphatic carbocycles. The van der Waals surface area contributed by atoms with Crippen molar-refractivity contribution < 1.29 is 8.42 Å². The quantitative estimate of drug-likeness (QED) is 0.801. The number of allylic oxidation sites excluding steroid dienone is 2. The Kier molecular flexibility index (Phi) is 4.08. The summed E-state index contributed by atoms with van der Waals surface area (Å²) in [6.07, 6.45) is 8.21. The molecular formula is C17H22N2O2S. The number of hydrogen-bond donors (Lipinski definition) is 0. The first kappa shape index (κ1) is 15.3. The number of aryl methyl sites for hydroxylation is 1. The van der Waals surface area contributed by atoms with E-state index in [9.17, 15) is 8.42 Å². The highest BCUT2D eigenvalue weighted by Crippen LogP contribution is 2.31. The minimum atomic E-state index is -3.55. The molecular weight excluding hydrogens is 296 g/mol. The van der Waals surface area contributed by atoms with Crippen molar-refractivity contribution in [1.29, 1.82) is 0 Å². The van der Waals surface area contributed by atoms with E-state index in [1.54, 1.807) is 12.1 Å². The molecule has 1 aliphatic heterocycles. The summed E-state index contributed by atoms with van der Waals surface area (Å²) in [6.45, 7) is 3.88. The maximum absolute atomic E-state index is 12.8. The summed E-state index contributed by atoms with van der Waals surface area (Å²) in [6, 6.07) is 6.86. The number of rotatable bonds is 3. The molecule has 2 aliphatic rings. The molecule has 2 unspecified atom stereocenters. The van der Waals surface area contributed by atoms with Crippen molar-refractivity contribution in [2.75, 3.05) is 0 Å². The van der Waals surface area contributed by atoms with Gasteiger partial charge in [-0.2, -0.15) is 17.9 Å². The molecule has 0 fully saturated rings.